The highest BCUT2D eigenvalue weighted by Gasteiger charge is 2.23. The second kappa shape index (κ2) is 7.43. The van der Waals surface area contributed by atoms with Gasteiger partial charge in [0.05, 0.1) is 11.4 Å². The monoisotopic (exact) mass is 354 g/mol. The molecule has 2 amide bonds. The van der Waals surface area contributed by atoms with Gasteiger partial charge < -0.3 is 21.1 Å². The van der Waals surface area contributed by atoms with Gasteiger partial charge in [0.2, 0.25) is 5.91 Å². The average molecular weight is 354 g/mol. The molecule has 0 unspecified atom stereocenters. The number of benzene rings is 1. The largest absolute Gasteiger partial charge is 0.505 e. The van der Waals surface area contributed by atoms with Crippen molar-refractivity contribution in [3.05, 3.63) is 47.8 Å². The van der Waals surface area contributed by atoms with Crippen LogP contribution in [-0.2, 0) is 0 Å². The van der Waals surface area contributed by atoms with Gasteiger partial charge >= 0.3 is 0 Å². The number of carbonyl (C=O) groups is 2. The van der Waals surface area contributed by atoms with Crippen LogP contribution in [-0.4, -0.2) is 34.5 Å². The van der Waals surface area contributed by atoms with E-state index < -0.39 is 11.8 Å². The Morgan fingerprint density at radius 1 is 1.31 bits per heavy atom. The molecule has 1 saturated heterocycles. The van der Waals surface area contributed by atoms with Crippen molar-refractivity contribution in [2.24, 2.45) is 5.73 Å². The van der Waals surface area contributed by atoms with Crippen LogP contribution in [0.2, 0.25) is 0 Å². The third kappa shape index (κ3) is 3.61. The summed E-state index contributed by atoms with van der Waals surface area (Å²) in [6, 6.07) is 8.29. The van der Waals surface area contributed by atoms with E-state index in [1.54, 1.807) is 24.3 Å². The number of pyridine rings is 1. The molecule has 0 saturated carbocycles. The molecule has 7 heteroatoms. The fourth-order valence-electron chi connectivity index (χ4n) is 3.25. The molecule has 1 aromatic heterocycles. The van der Waals surface area contributed by atoms with Crippen LogP contribution in [0.5, 0.6) is 5.75 Å². The van der Waals surface area contributed by atoms with Crippen LogP contribution < -0.4 is 16.0 Å². The second-order valence-corrected chi connectivity index (χ2v) is 6.46. The lowest BCUT2D eigenvalue weighted by Crippen LogP contribution is -2.38. The Bertz CT molecular complexity index is 837. The van der Waals surface area contributed by atoms with Crippen LogP contribution in [0.15, 0.2) is 36.5 Å². The van der Waals surface area contributed by atoms with Crippen molar-refractivity contribution < 1.29 is 14.7 Å². The Morgan fingerprint density at radius 2 is 2.12 bits per heavy atom. The summed E-state index contributed by atoms with van der Waals surface area (Å²) < 4.78 is 0. The number of carbonyl (C=O) groups excluding carboxylic acids is 2. The Labute approximate surface area is 151 Å². The fraction of sp³-hybridized carbons (Fsp3) is 0.316. The topological polar surface area (TPSA) is 109 Å². The first-order valence-electron chi connectivity index (χ1n) is 8.63. The van der Waals surface area contributed by atoms with E-state index in [1.807, 2.05) is 0 Å². The number of nitrogens with one attached hydrogen (secondary N) is 1. The first-order chi connectivity index (χ1) is 12.5. The molecule has 0 radical (unpaired) electrons. The highest BCUT2D eigenvalue weighted by atomic mass is 16.3. The zero-order valence-electron chi connectivity index (χ0n) is 14.6. The van der Waals surface area contributed by atoms with Gasteiger partial charge in [0, 0.05) is 24.3 Å². The van der Waals surface area contributed by atoms with Crippen LogP contribution in [0, 0.1) is 0 Å². The van der Waals surface area contributed by atoms with Gasteiger partial charge in [-0.25, -0.2) is 4.98 Å². The van der Waals surface area contributed by atoms with Gasteiger partial charge in [0.1, 0.15) is 5.75 Å². The summed E-state index contributed by atoms with van der Waals surface area (Å²) in [5.41, 5.74) is 6.92. The third-order valence-electron chi connectivity index (χ3n) is 4.64. The van der Waals surface area contributed by atoms with E-state index in [0.717, 1.165) is 25.1 Å². The van der Waals surface area contributed by atoms with Gasteiger partial charge in [-0.3, -0.25) is 9.59 Å². The standard InChI is InChI=1S/C19H22N4O3/c1-12-5-2-3-10-23(12)15-8-7-13(18(20)25)11-14(15)22-19(26)17-16(24)6-4-9-21-17/h4,6-9,11-12,24H,2-3,5,10H2,1H3,(H2,20,25)(H,22,26)/t12-/m1/s1. The number of aromatic hydroxyl groups is 1. The molecular weight excluding hydrogens is 332 g/mol. The van der Waals surface area contributed by atoms with Gasteiger partial charge in [-0.1, -0.05) is 0 Å². The molecule has 136 valence electrons. The number of hydrogen-bond donors (Lipinski definition) is 3. The minimum atomic E-state index is -0.570. The van der Waals surface area contributed by atoms with E-state index in [-0.39, 0.29) is 11.4 Å². The van der Waals surface area contributed by atoms with Crippen molar-refractivity contribution in [2.45, 2.75) is 32.2 Å². The van der Waals surface area contributed by atoms with Gasteiger partial charge in [0.15, 0.2) is 5.69 Å². The third-order valence-corrected chi connectivity index (χ3v) is 4.64. The first-order valence-corrected chi connectivity index (χ1v) is 8.63. The lowest BCUT2D eigenvalue weighted by Gasteiger charge is -2.36. The average Bonchev–Trinajstić information content (AvgIpc) is 2.62. The molecule has 1 aromatic carbocycles. The van der Waals surface area contributed by atoms with E-state index >= 15 is 0 Å². The summed E-state index contributed by atoms with van der Waals surface area (Å²) in [5.74, 6) is -1.32. The molecule has 3 rings (SSSR count). The van der Waals surface area contributed by atoms with Crippen molar-refractivity contribution >= 4 is 23.2 Å². The lowest BCUT2D eigenvalue weighted by atomic mass is 10.0. The molecule has 1 fully saturated rings. The first kappa shape index (κ1) is 17.7. The number of hydrogen-bond acceptors (Lipinski definition) is 5. The van der Waals surface area contributed by atoms with Gasteiger partial charge in [0.25, 0.3) is 5.91 Å². The number of primary amides is 1. The lowest BCUT2D eigenvalue weighted by molar-refractivity contribution is 0.0994. The number of nitrogens with zero attached hydrogens (tertiary/aromatic N) is 2. The maximum Gasteiger partial charge on any atom is 0.278 e. The zero-order valence-corrected chi connectivity index (χ0v) is 14.6. The molecule has 1 atom stereocenters. The molecule has 1 aliphatic heterocycles. The normalized spacial score (nSPS) is 17.0. The van der Waals surface area contributed by atoms with Gasteiger partial charge in [-0.05, 0) is 56.5 Å². The Balaban J connectivity index is 1.97. The van der Waals surface area contributed by atoms with Crippen LogP contribution in [0.25, 0.3) is 0 Å². The molecule has 0 bridgehead atoms. The van der Waals surface area contributed by atoms with E-state index in [2.05, 4.69) is 22.1 Å². The van der Waals surface area contributed by atoms with Gasteiger partial charge in [-0.15, -0.1) is 0 Å². The number of anilines is 2. The molecule has 4 N–H and O–H groups in total. The number of piperidine rings is 1. The van der Waals surface area contributed by atoms with Crippen molar-refractivity contribution in [1.82, 2.24) is 4.98 Å². The van der Waals surface area contributed by atoms with E-state index in [9.17, 15) is 14.7 Å². The number of aromatic nitrogens is 1. The highest BCUT2D eigenvalue weighted by Crippen LogP contribution is 2.33. The Kier molecular flexibility index (Phi) is 5.06. The number of nitrogens with two attached hydrogens (primary N) is 1. The second-order valence-electron chi connectivity index (χ2n) is 6.46. The summed E-state index contributed by atoms with van der Waals surface area (Å²) >= 11 is 0. The molecule has 2 heterocycles. The molecule has 0 aliphatic carbocycles. The molecular formula is C19H22N4O3. The summed E-state index contributed by atoms with van der Waals surface area (Å²) in [4.78, 5) is 30.3. The SMILES string of the molecule is C[C@@H]1CCCCN1c1ccc(C(N)=O)cc1NC(=O)c1ncccc1O. The maximum atomic E-state index is 12.6. The molecule has 0 spiro atoms. The Hall–Kier alpha value is -3.09. The summed E-state index contributed by atoms with van der Waals surface area (Å²) in [7, 11) is 0. The van der Waals surface area contributed by atoms with Crippen molar-refractivity contribution in [3.8, 4) is 5.75 Å². The minimum Gasteiger partial charge on any atom is -0.505 e. The summed E-state index contributed by atoms with van der Waals surface area (Å²) in [6.07, 6.45) is 4.73. The number of rotatable bonds is 4. The zero-order chi connectivity index (χ0) is 18.7. The fourth-order valence-corrected chi connectivity index (χ4v) is 3.25. The maximum absolute atomic E-state index is 12.6. The van der Waals surface area contributed by atoms with E-state index in [1.165, 1.54) is 18.7 Å². The summed E-state index contributed by atoms with van der Waals surface area (Å²) in [6.45, 7) is 3.01. The highest BCUT2D eigenvalue weighted by molar-refractivity contribution is 6.07. The van der Waals surface area contributed by atoms with E-state index in [4.69, 9.17) is 5.73 Å². The van der Waals surface area contributed by atoms with Crippen LogP contribution in [0.1, 0.15) is 47.0 Å². The van der Waals surface area contributed by atoms with Crippen molar-refractivity contribution in [3.63, 3.8) is 0 Å². The molecule has 7 nitrogen and oxygen atoms in total. The minimum absolute atomic E-state index is 0.0744. The smallest absolute Gasteiger partial charge is 0.278 e. The Morgan fingerprint density at radius 3 is 2.81 bits per heavy atom. The molecule has 2 aromatic rings. The van der Waals surface area contributed by atoms with Crippen molar-refractivity contribution in [1.29, 1.82) is 0 Å². The predicted molar refractivity (Wildman–Crippen MR) is 99.5 cm³/mol. The van der Waals surface area contributed by atoms with E-state index in [0.29, 0.717) is 17.3 Å². The van der Waals surface area contributed by atoms with Gasteiger partial charge in [-0.2, -0.15) is 0 Å². The van der Waals surface area contributed by atoms with Crippen LogP contribution in [0.4, 0.5) is 11.4 Å². The molecule has 26 heavy (non-hydrogen) atoms. The van der Waals surface area contributed by atoms with Crippen LogP contribution >= 0.6 is 0 Å². The predicted octanol–water partition coefficient (Wildman–Crippen LogP) is 2.52. The summed E-state index contributed by atoms with van der Waals surface area (Å²) in [5, 5.41) is 12.6. The quantitative estimate of drug-likeness (QED) is 0.782. The molecule has 1 aliphatic rings. The van der Waals surface area contributed by atoms with Crippen molar-refractivity contribution in [2.75, 3.05) is 16.8 Å². The van der Waals surface area contributed by atoms with Crippen LogP contribution in [0.3, 0.4) is 0 Å². The number of amides is 2.